The number of hydrazine groups is 1. The largest absolute Gasteiger partial charge is 0.338 e. The standard InChI is InChI=1S/C11H10BrF2N5/c1-5-2-10(18-11(16-5)19-15)17-9-3-6(12)7(13)4-8(9)14/h2-4H,15H2,1H3,(H2,16,17,18,19). The first kappa shape index (κ1) is 13.6. The molecule has 0 unspecified atom stereocenters. The Bertz CT molecular complexity index is 620. The highest BCUT2D eigenvalue weighted by atomic mass is 79.9. The summed E-state index contributed by atoms with van der Waals surface area (Å²) < 4.78 is 26.9. The number of hydrogen-bond donors (Lipinski definition) is 3. The number of hydrogen-bond acceptors (Lipinski definition) is 5. The SMILES string of the molecule is Cc1cc(Nc2cc(Br)c(F)cc2F)nc(NN)n1. The number of nitrogens with zero attached hydrogens (tertiary/aromatic N) is 2. The molecule has 2 aromatic rings. The zero-order valence-electron chi connectivity index (χ0n) is 9.84. The minimum Gasteiger partial charge on any atom is -0.338 e. The Balaban J connectivity index is 2.36. The zero-order valence-corrected chi connectivity index (χ0v) is 11.4. The molecule has 5 nitrogen and oxygen atoms in total. The molecule has 0 bridgehead atoms. The highest BCUT2D eigenvalue weighted by Gasteiger charge is 2.10. The number of aryl methyl sites for hydroxylation is 1. The van der Waals surface area contributed by atoms with Crippen LogP contribution < -0.4 is 16.6 Å². The van der Waals surface area contributed by atoms with E-state index in [9.17, 15) is 8.78 Å². The quantitative estimate of drug-likeness (QED) is 0.458. The summed E-state index contributed by atoms with van der Waals surface area (Å²) in [6.07, 6.45) is 0. The van der Waals surface area contributed by atoms with Crippen LogP contribution in [0.5, 0.6) is 0 Å². The van der Waals surface area contributed by atoms with Crippen LogP contribution in [0.3, 0.4) is 0 Å². The molecule has 0 atom stereocenters. The molecule has 1 heterocycles. The van der Waals surface area contributed by atoms with Crippen molar-refractivity contribution >= 4 is 33.4 Å². The second kappa shape index (κ2) is 5.45. The Kier molecular flexibility index (Phi) is 3.91. The third-order valence-corrected chi connectivity index (χ3v) is 2.86. The molecule has 0 aliphatic carbocycles. The molecule has 19 heavy (non-hydrogen) atoms. The van der Waals surface area contributed by atoms with Crippen LogP contribution in [-0.2, 0) is 0 Å². The van der Waals surface area contributed by atoms with E-state index in [4.69, 9.17) is 5.84 Å². The van der Waals surface area contributed by atoms with Gasteiger partial charge >= 0.3 is 0 Å². The lowest BCUT2D eigenvalue weighted by Crippen LogP contribution is -2.12. The van der Waals surface area contributed by atoms with Gasteiger partial charge in [-0.3, -0.25) is 5.43 Å². The first-order valence-corrected chi connectivity index (χ1v) is 6.03. The first-order chi connectivity index (χ1) is 8.99. The number of nitrogens with one attached hydrogen (secondary N) is 2. The Morgan fingerprint density at radius 1 is 1.16 bits per heavy atom. The number of benzene rings is 1. The molecular weight excluding hydrogens is 320 g/mol. The number of nitrogens with two attached hydrogens (primary N) is 1. The number of rotatable bonds is 3. The number of nitrogen functional groups attached to an aromatic ring is 1. The van der Waals surface area contributed by atoms with E-state index in [1.54, 1.807) is 13.0 Å². The van der Waals surface area contributed by atoms with Crippen molar-refractivity contribution in [2.75, 3.05) is 10.7 Å². The Labute approximate surface area is 116 Å². The second-order valence-corrected chi connectivity index (χ2v) is 4.59. The third-order valence-electron chi connectivity index (χ3n) is 2.26. The van der Waals surface area contributed by atoms with E-state index in [0.717, 1.165) is 6.07 Å². The average molecular weight is 330 g/mol. The molecule has 4 N–H and O–H groups in total. The van der Waals surface area contributed by atoms with Crippen LogP contribution in [-0.4, -0.2) is 9.97 Å². The minimum absolute atomic E-state index is 0.0920. The van der Waals surface area contributed by atoms with Crippen LogP contribution in [0.2, 0.25) is 0 Å². The highest BCUT2D eigenvalue weighted by Crippen LogP contribution is 2.26. The topological polar surface area (TPSA) is 75.9 Å². The molecule has 0 spiro atoms. The maximum atomic E-state index is 13.6. The van der Waals surface area contributed by atoms with Gasteiger partial charge in [-0.1, -0.05) is 0 Å². The number of anilines is 3. The summed E-state index contributed by atoms with van der Waals surface area (Å²) in [5.74, 6) is 4.37. The van der Waals surface area contributed by atoms with Crippen LogP contribution in [0.1, 0.15) is 5.69 Å². The van der Waals surface area contributed by atoms with Gasteiger partial charge in [0.1, 0.15) is 17.5 Å². The lowest BCUT2D eigenvalue weighted by atomic mass is 10.3. The fourth-order valence-corrected chi connectivity index (χ4v) is 1.80. The van der Waals surface area contributed by atoms with Crippen molar-refractivity contribution in [1.29, 1.82) is 0 Å². The summed E-state index contributed by atoms with van der Waals surface area (Å²) in [6.45, 7) is 1.74. The molecule has 100 valence electrons. The van der Waals surface area contributed by atoms with Crippen molar-refractivity contribution in [2.45, 2.75) is 6.92 Å². The Morgan fingerprint density at radius 2 is 1.89 bits per heavy atom. The molecule has 2 rings (SSSR count). The van der Waals surface area contributed by atoms with Crippen molar-refractivity contribution < 1.29 is 8.78 Å². The van der Waals surface area contributed by atoms with Crippen LogP contribution in [0.15, 0.2) is 22.7 Å². The van der Waals surface area contributed by atoms with Gasteiger partial charge in [-0.2, -0.15) is 4.98 Å². The van der Waals surface area contributed by atoms with E-state index in [2.05, 4.69) is 36.6 Å². The van der Waals surface area contributed by atoms with Crippen molar-refractivity contribution in [3.05, 3.63) is 40.0 Å². The van der Waals surface area contributed by atoms with Gasteiger partial charge in [0.15, 0.2) is 0 Å². The van der Waals surface area contributed by atoms with Gasteiger partial charge in [0, 0.05) is 17.8 Å². The van der Waals surface area contributed by atoms with Crippen molar-refractivity contribution in [1.82, 2.24) is 9.97 Å². The smallest absolute Gasteiger partial charge is 0.239 e. The van der Waals surface area contributed by atoms with Crippen molar-refractivity contribution in [3.8, 4) is 0 Å². The van der Waals surface area contributed by atoms with Gasteiger partial charge in [-0.05, 0) is 28.9 Å². The van der Waals surface area contributed by atoms with Gasteiger partial charge < -0.3 is 5.32 Å². The van der Waals surface area contributed by atoms with Crippen molar-refractivity contribution in [3.63, 3.8) is 0 Å². The molecule has 0 fully saturated rings. The van der Waals surface area contributed by atoms with Crippen LogP contribution >= 0.6 is 15.9 Å². The minimum atomic E-state index is -0.723. The van der Waals surface area contributed by atoms with E-state index >= 15 is 0 Å². The van der Waals surface area contributed by atoms with Gasteiger partial charge in [-0.25, -0.2) is 19.6 Å². The monoisotopic (exact) mass is 329 g/mol. The summed E-state index contributed by atoms with van der Waals surface area (Å²) >= 11 is 2.99. The summed E-state index contributed by atoms with van der Waals surface area (Å²) in [6, 6.07) is 3.68. The predicted molar refractivity (Wildman–Crippen MR) is 71.9 cm³/mol. The maximum absolute atomic E-state index is 13.6. The molecule has 1 aromatic heterocycles. The van der Waals surface area contributed by atoms with E-state index in [-0.39, 0.29) is 16.1 Å². The third kappa shape index (κ3) is 3.15. The molecule has 0 amide bonds. The normalized spacial score (nSPS) is 10.4. The second-order valence-electron chi connectivity index (χ2n) is 3.73. The van der Waals surface area contributed by atoms with Gasteiger partial charge in [0.25, 0.3) is 0 Å². The van der Waals surface area contributed by atoms with Gasteiger partial charge in [0.2, 0.25) is 5.95 Å². The summed E-state index contributed by atoms with van der Waals surface area (Å²) in [7, 11) is 0. The molecule has 0 radical (unpaired) electrons. The van der Waals surface area contributed by atoms with E-state index in [0.29, 0.717) is 11.5 Å². The summed E-state index contributed by atoms with van der Waals surface area (Å²) in [5, 5.41) is 2.74. The molecule has 0 aliphatic heterocycles. The van der Waals surface area contributed by atoms with E-state index < -0.39 is 11.6 Å². The summed E-state index contributed by atoms with van der Waals surface area (Å²) in [5.41, 5.74) is 3.04. The molecular formula is C11H10BrF2N5. The van der Waals surface area contributed by atoms with Gasteiger partial charge in [0.05, 0.1) is 10.2 Å². The molecule has 0 aliphatic rings. The average Bonchev–Trinajstić information content (AvgIpc) is 2.35. The number of halogens is 3. The fraction of sp³-hybridized carbons (Fsp3) is 0.0909. The zero-order chi connectivity index (χ0) is 14.0. The van der Waals surface area contributed by atoms with Crippen LogP contribution in [0.4, 0.5) is 26.2 Å². The van der Waals surface area contributed by atoms with Gasteiger partial charge in [-0.15, -0.1) is 0 Å². The first-order valence-electron chi connectivity index (χ1n) is 5.23. The molecule has 8 heteroatoms. The van der Waals surface area contributed by atoms with Crippen molar-refractivity contribution in [2.24, 2.45) is 5.84 Å². The van der Waals surface area contributed by atoms with E-state index in [1.165, 1.54) is 6.07 Å². The highest BCUT2D eigenvalue weighted by molar-refractivity contribution is 9.10. The lowest BCUT2D eigenvalue weighted by molar-refractivity contribution is 0.581. The van der Waals surface area contributed by atoms with E-state index in [1.807, 2.05) is 0 Å². The molecule has 0 saturated carbocycles. The molecule has 0 saturated heterocycles. The Morgan fingerprint density at radius 3 is 2.58 bits per heavy atom. The Hall–Kier alpha value is -1.80. The van der Waals surface area contributed by atoms with Crippen LogP contribution in [0, 0.1) is 18.6 Å². The summed E-state index contributed by atoms with van der Waals surface area (Å²) in [4.78, 5) is 8.00. The number of aromatic nitrogens is 2. The predicted octanol–water partition coefficient (Wildman–Crippen LogP) is 2.85. The lowest BCUT2D eigenvalue weighted by Gasteiger charge is -2.09. The van der Waals surface area contributed by atoms with Crippen LogP contribution in [0.25, 0.3) is 0 Å². The fourth-order valence-electron chi connectivity index (χ4n) is 1.45. The molecule has 1 aromatic carbocycles. The maximum Gasteiger partial charge on any atom is 0.239 e.